The highest BCUT2D eigenvalue weighted by atomic mass is 16.5. The summed E-state index contributed by atoms with van der Waals surface area (Å²) in [5.41, 5.74) is 8.16. The largest absolute Gasteiger partial charge is 0.383 e. The van der Waals surface area contributed by atoms with Crippen molar-refractivity contribution >= 4 is 5.82 Å². The molecule has 2 N–H and O–H groups in total. The highest BCUT2D eigenvalue weighted by Gasteiger charge is 2.03. The van der Waals surface area contributed by atoms with Crippen LogP contribution >= 0.6 is 0 Å². The molecule has 0 saturated heterocycles. The Bertz CT molecular complexity index is 266. The standard InChI is InChI=1S/C11H18N2O/c1-3-14-8-4-5-10-9(2)6-7-13-11(10)12/h6-7H,3-5,8H2,1-2H3,(H2,12,13). The predicted octanol–water partition coefficient (Wildman–Crippen LogP) is 1.94. The van der Waals surface area contributed by atoms with E-state index >= 15 is 0 Å². The van der Waals surface area contributed by atoms with Gasteiger partial charge in [-0.25, -0.2) is 4.98 Å². The van der Waals surface area contributed by atoms with Gasteiger partial charge in [-0.05, 0) is 43.9 Å². The molecule has 3 heteroatoms. The molecule has 0 aliphatic carbocycles. The highest BCUT2D eigenvalue weighted by molar-refractivity contribution is 5.43. The molecule has 0 aliphatic heterocycles. The van der Waals surface area contributed by atoms with Crippen LogP contribution in [0.25, 0.3) is 0 Å². The molecule has 0 unspecified atom stereocenters. The van der Waals surface area contributed by atoms with Crippen molar-refractivity contribution in [3.05, 3.63) is 23.4 Å². The molecule has 0 spiro atoms. The summed E-state index contributed by atoms with van der Waals surface area (Å²) in [6.45, 7) is 5.64. The van der Waals surface area contributed by atoms with Gasteiger partial charge in [0.2, 0.25) is 0 Å². The molecule has 0 bridgehead atoms. The molecule has 0 aromatic carbocycles. The number of pyridine rings is 1. The fourth-order valence-electron chi connectivity index (χ4n) is 1.43. The van der Waals surface area contributed by atoms with E-state index in [1.807, 2.05) is 13.0 Å². The number of hydrogen-bond acceptors (Lipinski definition) is 3. The molecule has 1 rings (SSSR count). The van der Waals surface area contributed by atoms with Crippen LogP contribution in [-0.4, -0.2) is 18.2 Å². The van der Waals surface area contributed by atoms with Crippen LogP contribution in [0.2, 0.25) is 0 Å². The predicted molar refractivity (Wildman–Crippen MR) is 58.2 cm³/mol. The SMILES string of the molecule is CCOCCCc1c(C)ccnc1N. The number of nitrogen functional groups attached to an aromatic ring is 1. The summed E-state index contributed by atoms with van der Waals surface area (Å²) in [5.74, 6) is 0.654. The Hall–Kier alpha value is -1.09. The summed E-state index contributed by atoms with van der Waals surface area (Å²) in [6.07, 6.45) is 3.70. The molecule has 0 saturated carbocycles. The molecule has 0 radical (unpaired) electrons. The van der Waals surface area contributed by atoms with E-state index in [4.69, 9.17) is 10.5 Å². The van der Waals surface area contributed by atoms with Gasteiger partial charge in [0, 0.05) is 19.4 Å². The molecule has 78 valence electrons. The fourth-order valence-corrected chi connectivity index (χ4v) is 1.43. The lowest BCUT2D eigenvalue weighted by atomic mass is 10.1. The zero-order chi connectivity index (χ0) is 10.4. The lowest BCUT2D eigenvalue weighted by molar-refractivity contribution is 0.145. The first-order chi connectivity index (χ1) is 6.75. The second-order valence-corrected chi connectivity index (χ2v) is 3.29. The molecule has 1 heterocycles. The fraction of sp³-hybridized carbons (Fsp3) is 0.545. The summed E-state index contributed by atoms with van der Waals surface area (Å²) in [6, 6.07) is 1.99. The number of ether oxygens (including phenoxy) is 1. The van der Waals surface area contributed by atoms with Gasteiger partial charge in [-0.1, -0.05) is 0 Å². The van der Waals surface area contributed by atoms with Gasteiger partial charge < -0.3 is 10.5 Å². The molecular weight excluding hydrogens is 176 g/mol. The Morgan fingerprint density at radius 3 is 2.93 bits per heavy atom. The van der Waals surface area contributed by atoms with E-state index in [0.29, 0.717) is 5.82 Å². The van der Waals surface area contributed by atoms with Crippen LogP contribution in [-0.2, 0) is 11.2 Å². The summed E-state index contributed by atoms with van der Waals surface area (Å²) in [4.78, 5) is 4.08. The molecule has 1 aromatic rings. The van der Waals surface area contributed by atoms with Crippen molar-refractivity contribution in [1.29, 1.82) is 0 Å². The average molecular weight is 194 g/mol. The van der Waals surface area contributed by atoms with Crippen molar-refractivity contribution in [2.24, 2.45) is 0 Å². The van der Waals surface area contributed by atoms with Crippen molar-refractivity contribution in [3.63, 3.8) is 0 Å². The van der Waals surface area contributed by atoms with Crippen LogP contribution in [0, 0.1) is 6.92 Å². The first kappa shape index (κ1) is 11.0. The maximum absolute atomic E-state index is 5.78. The smallest absolute Gasteiger partial charge is 0.126 e. The van der Waals surface area contributed by atoms with Crippen LogP contribution in [0.3, 0.4) is 0 Å². The third-order valence-corrected chi connectivity index (χ3v) is 2.24. The summed E-state index contributed by atoms with van der Waals surface area (Å²) >= 11 is 0. The normalized spacial score (nSPS) is 10.4. The zero-order valence-electron chi connectivity index (χ0n) is 8.92. The van der Waals surface area contributed by atoms with E-state index in [-0.39, 0.29) is 0 Å². The molecule has 1 aromatic heterocycles. The average Bonchev–Trinajstić information content (AvgIpc) is 2.16. The highest BCUT2D eigenvalue weighted by Crippen LogP contribution is 2.15. The van der Waals surface area contributed by atoms with Gasteiger partial charge in [0.05, 0.1) is 0 Å². The first-order valence-corrected chi connectivity index (χ1v) is 5.03. The zero-order valence-corrected chi connectivity index (χ0v) is 8.92. The van der Waals surface area contributed by atoms with Crippen molar-refractivity contribution < 1.29 is 4.74 Å². The molecule has 0 amide bonds. The number of aromatic nitrogens is 1. The number of aryl methyl sites for hydroxylation is 1. The van der Waals surface area contributed by atoms with Crippen molar-refractivity contribution in [1.82, 2.24) is 4.98 Å². The van der Waals surface area contributed by atoms with Crippen LogP contribution in [0.5, 0.6) is 0 Å². The van der Waals surface area contributed by atoms with Gasteiger partial charge in [-0.15, -0.1) is 0 Å². The quantitative estimate of drug-likeness (QED) is 0.729. The Morgan fingerprint density at radius 2 is 2.29 bits per heavy atom. The summed E-state index contributed by atoms with van der Waals surface area (Å²) in [5, 5.41) is 0. The van der Waals surface area contributed by atoms with Gasteiger partial charge in [0.25, 0.3) is 0 Å². The van der Waals surface area contributed by atoms with Crippen LogP contribution in [0.4, 0.5) is 5.82 Å². The summed E-state index contributed by atoms with van der Waals surface area (Å²) < 4.78 is 5.27. The Labute approximate surface area is 85.3 Å². The lowest BCUT2D eigenvalue weighted by Crippen LogP contribution is -2.02. The van der Waals surface area contributed by atoms with Crippen molar-refractivity contribution in [2.75, 3.05) is 18.9 Å². The van der Waals surface area contributed by atoms with Gasteiger partial charge in [-0.3, -0.25) is 0 Å². The maximum Gasteiger partial charge on any atom is 0.126 e. The first-order valence-electron chi connectivity index (χ1n) is 5.03. The number of nitrogens with zero attached hydrogens (tertiary/aromatic N) is 1. The molecule has 14 heavy (non-hydrogen) atoms. The minimum atomic E-state index is 0.654. The van der Waals surface area contributed by atoms with Gasteiger partial charge >= 0.3 is 0 Å². The Kier molecular flexibility index (Phi) is 4.40. The van der Waals surface area contributed by atoms with E-state index in [0.717, 1.165) is 31.6 Å². The number of rotatable bonds is 5. The molecular formula is C11H18N2O. The molecule has 0 atom stereocenters. The minimum absolute atomic E-state index is 0.654. The maximum atomic E-state index is 5.78. The topological polar surface area (TPSA) is 48.1 Å². The molecule has 0 aliphatic rings. The van der Waals surface area contributed by atoms with E-state index in [2.05, 4.69) is 11.9 Å². The number of nitrogens with two attached hydrogens (primary N) is 1. The second-order valence-electron chi connectivity index (χ2n) is 3.29. The van der Waals surface area contributed by atoms with E-state index in [9.17, 15) is 0 Å². The number of anilines is 1. The third-order valence-electron chi connectivity index (χ3n) is 2.24. The van der Waals surface area contributed by atoms with Crippen molar-refractivity contribution in [2.45, 2.75) is 26.7 Å². The van der Waals surface area contributed by atoms with Gasteiger partial charge in [0.1, 0.15) is 5.82 Å². The second kappa shape index (κ2) is 5.60. The monoisotopic (exact) mass is 194 g/mol. The van der Waals surface area contributed by atoms with Crippen molar-refractivity contribution in [3.8, 4) is 0 Å². The molecule has 3 nitrogen and oxygen atoms in total. The van der Waals surface area contributed by atoms with Crippen LogP contribution < -0.4 is 5.73 Å². The number of hydrogen-bond donors (Lipinski definition) is 1. The van der Waals surface area contributed by atoms with E-state index in [1.54, 1.807) is 6.20 Å². The summed E-state index contributed by atoms with van der Waals surface area (Å²) in [7, 11) is 0. The van der Waals surface area contributed by atoms with Crippen LogP contribution in [0.15, 0.2) is 12.3 Å². The van der Waals surface area contributed by atoms with Gasteiger partial charge in [0.15, 0.2) is 0 Å². The van der Waals surface area contributed by atoms with Crippen LogP contribution in [0.1, 0.15) is 24.5 Å². The molecule has 0 fully saturated rings. The van der Waals surface area contributed by atoms with E-state index < -0.39 is 0 Å². The minimum Gasteiger partial charge on any atom is -0.383 e. The third kappa shape index (κ3) is 3.00. The van der Waals surface area contributed by atoms with E-state index in [1.165, 1.54) is 5.56 Å². The lowest BCUT2D eigenvalue weighted by Gasteiger charge is -2.07. The Morgan fingerprint density at radius 1 is 1.50 bits per heavy atom. The van der Waals surface area contributed by atoms with Gasteiger partial charge in [-0.2, -0.15) is 0 Å². The Balaban J connectivity index is 2.49.